The molecule has 0 aliphatic heterocycles. The molecule has 1 aliphatic rings. The Morgan fingerprint density at radius 2 is 2.28 bits per heavy atom. The van der Waals surface area contributed by atoms with Crippen molar-refractivity contribution in [3.05, 3.63) is 17.2 Å². The van der Waals surface area contributed by atoms with Gasteiger partial charge >= 0.3 is 5.16 Å². The van der Waals surface area contributed by atoms with Crippen LogP contribution in [0.5, 0.6) is 0 Å². The molecule has 18 heavy (non-hydrogen) atoms. The van der Waals surface area contributed by atoms with Crippen molar-refractivity contribution in [1.29, 1.82) is 0 Å². The van der Waals surface area contributed by atoms with Crippen molar-refractivity contribution in [2.75, 3.05) is 6.26 Å². The van der Waals surface area contributed by atoms with Crippen LogP contribution in [0, 0.1) is 0 Å². The quantitative estimate of drug-likeness (QED) is 0.808. The summed E-state index contributed by atoms with van der Waals surface area (Å²) in [4.78, 5) is 8.47. The lowest BCUT2D eigenvalue weighted by Crippen LogP contribution is -2.14. The molecule has 1 aliphatic carbocycles. The van der Waals surface area contributed by atoms with Crippen LogP contribution in [0.25, 0.3) is 5.52 Å². The van der Waals surface area contributed by atoms with E-state index in [1.807, 2.05) is 0 Å². The van der Waals surface area contributed by atoms with Gasteiger partial charge in [0.05, 0.1) is 6.20 Å². The molecule has 0 radical (unpaired) electrons. The van der Waals surface area contributed by atoms with Crippen molar-refractivity contribution in [1.82, 2.24) is 19.6 Å². The predicted molar refractivity (Wildman–Crippen MR) is 69.3 cm³/mol. The minimum absolute atomic E-state index is 0.0942. The van der Waals surface area contributed by atoms with Gasteiger partial charge in [0.2, 0.25) is 0 Å². The minimum atomic E-state index is -1.21. The first-order valence-electron chi connectivity index (χ1n) is 5.82. The molecule has 5 nitrogen and oxygen atoms in total. The second-order valence-corrected chi connectivity index (χ2v) is 6.28. The standard InChI is InChI=1S/C11H13ClN4OS/c1-3-11(4-5-11)9-14-8(12)7-6-13-10(18(2)17)15-16(7)9/h6H,3-5H2,1-2H3. The fraction of sp³-hybridized carbons (Fsp3) is 0.545. The Hall–Kier alpha value is -0.850. The van der Waals surface area contributed by atoms with Crippen LogP contribution < -0.4 is 0 Å². The zero-order chi connectivity index (χ0) is 12.9. The van der Waals surface area contributed by atoms with Crippen molar-refractivity contribution in [3.63, 3.8) is 0 Å². The van der Waals surface area contributed by atoms with Gasteiger partial charge in [-0.3, -0.25) is 0 Å². The van der Waals surface area contributed by atoms with Crippen LogP contribution in [0.4, 0.5) is 0 Å². The molecule has 1 unspecified atom stereocenters. The molecule has 0 spiro atoms. The molecule has 0 amide bonds. The Bertz CT molecular complexity index is 608. The highest BCUT2D eigenvalue weighted by molar-refractivity contribution is 7.90. The Morgan fingerprint density at radius 3 is 2.83 bits per heavy atom. The summed E-state index contributed by atoms with van der Waals surface area (Å²) in [5, 5.41) is 5.03. The molecule has 1 atom stereocenters. The maximum Gasteiger partial charge on any atom is 0.359 e. The summed E-state index contributed by atoms with van der Waals surface area (Å²) in [6.07, 6.45) is 6.37. The van der Waals surface area contributed by atoms with E-state index >= 15 is 0 Å². The van der Waals surface area contributed by atoms with Crippen LogP contribution in [0.2, 0.25) is 5.15 Å². The summed E-state index contributed by atoms with van der Waals surface area (Å²) in [6, 6.07) is 0. The Morgan fingerprint density at radius 1 is 1.56 bits per heavy atom. The zero-order valence-corrected chi connectivity index (χ0v) is 11.8. The summed E-state index contributed by atoms with van der Waals surface area (Å²) in [6.45, 7) is 2.14. The van der Waals surface area contributed by atoms with Crippen molar-refractivity contribution < 1.29 is 4.55 Å². The second kappa shape index (κ2) is 4.08. The monoisotopic (exact) mass is 284 g/mol. The smallest absolute Gasteiger partial charge is 0.359 e. The summed E-state index contributed by atoms with van der Waals surface area (Å²) < 4.78 is 13.2. The van der Waals surface area contributed by atoms with Crippen LogP contribution in [0.1, 0.15) is 32.0 Å². The average molecular weight is 285 g/mol. The summed E-state index contributed by atoms with van der Waals surface area (Å²) in [5.74, 6) is 0.874. The van der Waals surface area contributed by atoms with Gasteiger partial charge in [-0.2, -0.15) is 4.98 Å². The number of fused-ring (bicyclic) bond motifs is 1. The fourth-order valence-corrected chi connectivity index (χ4v) is 2.80. The number of hydrogen-bond acceptors (Lipinski definition) is 4. The van der Waals surface area contributed by atoms with Crippen molar-refractivity contribution >= 4 is 28.3 Å². The fourth-order valence-electron chi connectivity index (χ4n) is 2.20. The van der Waals surface area contributed by atoms with E-state index < -0.39 is 11.2 Å². The van der Waals surface area contributed by atoms with Gasteiger partial charge in [-0.15, -0.1) is 0 Å². The Labute approximate surface area is 113 Å². The van der Waals surface area contributed by atoms with Crippen molar-refractivity contribution in [2.24, 2.45) is 0 Å². The molecule has 2 heterocycles. The number of halogens is 1. The van der Waals surface area contributed by atoms with E-state index in [9.17, 15) is 4.55 Å². The third-order valence-electron chi connectivity index (χ3n) is 3.59. The van der Waals surface area contributed by atoms with E-state index in [-0.39, 0.29) is 5.41 Å². The van der Waals surface area contributed by atoms with Crippen LogP contribution >= 0.6 is 11.6 Å². The molecule has 96 valence electrons. The van der Waals surface area contributed by atoms with Crippen LogP contribution in [-0.2, 0) is 16.6 Å². The largest absolute Gasteiger partial charge is 0.609 e. The summed E-state index contributed by atoms with van der Waals surface area (Å²) in [5.41, 5.74) is 0.775. The zero-order valence-electron chi connectivity index (χ0n) is 10.2. The number of rotatable bonds is 3. The van der Waals surface area contributed by atoms with Gasteiger partial charge in [-0.25, -0.2) is 9.50 Å². The summed E-state index contributed by atoms with van der Waals surface area (Å²) in [7, 11) is 0. The van der Waals surface area contributed by atoms with Crippen molar-refractivity contribution in [3.8, 4) is 0 Å². The van der Waals surface area contributed by atoms with Gasteiger partial charge in [0.25, 0.3) is 0 Å². The van der Waals surface area contributed by atoms with Gasteiger partial charge in [-0.05, 0) is 19.3 Å². The molecule has 2 aromatic rings. The first-order valence-corrected chi connectivity index (χ1v) is 7.76. The van der Waals surface area contributed by atoms with E-state index in [4.69, 9.17) is 11.6 Å². The minimum Gasteiger partial charge on any atom is -0.609 e. The summed E-state index contributed by atoms with van der Waals surface area (Å²) >= 11 is 4.91. The molecule has 3 rings (SSSR count). The molecule has 0 N–H and O–H groups in total. The number of aromatic nitrogens is 4. The third kappa shape index (κ3) is 1.71. The van der Waals surface area contributed by atoms with E-state index in [2.05, 4.69) is 22.0 Å². The lowest BCUT2D eigenvalue weighted by molar-refractivity contribution is 0.566. The van der Waals surface area contributed by atoms with Crippen LogP contribution in [0.3, 0.4) is 0 Å². The molecule has 0 aromatic carbocycles. The Balaban J connectivity index is 2.22. The van der Waals surface area contributed by atoms with Gasteiger partial charge in [0.1, 0.15) is 17.6 Å². The normalized spacial score (nSPS) is 19.1. The molecule has 2 aromatic heterocycles. The highest BCUT2D eigenvalue weighted by Crippen LogP contribution is 2.50. The molecular formula is C11H13ClN4OS. The predicted octanol–water partition coefficient (Wildman–Crippen LogP) is 1.96. The van der Waals surface area contributed by atoms with E-state index in [0.717, 1.165) is 25.1 Å². The first-order chi connectivity index (χ1) is 8.57. The lowest BCUT2D eigenvalue weighted by Gasteiger charge is -2.10. The number of nitrogens with zero attached hydrogens (tertiary/aromatic N) is 4. The van der Waals surface area contributed by atoms with Gasteiger partial charge in [-0.1, -0.05) is 23.6 Å². The maximum atomic E-state index is 11.5. The highest BCUT2D eigenvalue weighted by Gasteiger charge is 2.46. The topological polar surface area (TPSA) is 66.1 Å². The van der Waals surface area contributed by atoms with Gasteiger partial charge in [0, 0.05) is 16.6 Å². The molecule has 1 saturated carbocycles. The van der Waals surface area contributed by atoms with Crippen LogP contribution in [0.15, 0.2) is 11.4 Å². The second-order valence-electron chi connectivity index (χ2n) is 4.65. The van der Waals surface area contributed by atoms with E-state index in [0.29, 0.717) is 15.8 Å². The lowest BCUT2D eigenvalue weighted by atomic mass is 10.0. The highest BCUT2D eigenvalue weighted by atomic mass is 35.5. The molecule has 1 fully saturated rings. The SMILES string of the molecule is CCC1(c2nc(Cl)c3cnc([S+](C)[O-])nn23)CC1. The molecule has 0 saturated heterocycles. The Kier molecular flexibility index (Phi) is 2.76. The van der Waals surface area contributed by atoms with E-state index in [1.165, 1.54) is 0 Å². The van der Waals surface area contributed by atoms with Gasteiger partial charge < -0.3 is 4.55 Å². The number of imidazole rings is 1. The average Bonchev–Trinajstić information content (AvgIpc) is 3.09. The number of hydrogen-bond donors (Lipinski definition) is 0. The first kappa shape index (κ1) is 12.2. The van der Waals surface area contributed by atoms with E-state index in [1.54, 1.807) is 17.0 Å². The van der Waals surface area contributed by atoms with Crippen molar-refractivity contribution in [2.45, 2.75) is 36.8 Å². The molecule has 0 bridgehead atoms. The maximum absolute atomic E-state index is 11.5. The third-order valence-corrected chi connectivity index (χ3v) is 4.57. The van der Waals surface area contributed by atoms with Gasteiger partial charge in [0.15, 0.2) is 5.15 Å². The van der Waals surface area contributed by atoms with Crippen LogP contribution in [-0.4, -0.2) is 30.4 Å². The molecule has 7 heteroatoms. The molecular weight excluding hydrogens is 272 g/mol.